The third kappa shape index (κ3) is 14.6. The quantitative estimate of drug-likeness (QED) is 0.0467. The summed E-state index contributed by atoms with van der Waals surface area (Å²) >= 11 is 0. The molecule has 0 aromatic carbocycles. The van der Waals surface area contributed by atoms with E-state index in [4.69, 9.17) is 21.1 Å². The van der Waals surface area contributed by atoms with E-state index in [1.807, 2.05) is 37.2 Å². The van der Waals surface area contributed by atoms with Gasteiger partial charge in [0.2, 0.25) is 41.4 Å². The van der Waals surface area contributed by atoms with Crippen LogP contribution in [0.3, 0.4) is 0 Å². The number of hydrogen-bond donors (Lipinski definition) is 17. The van der Waals surface area contributed by atoms with Gasteiger partial charge in [-0.3, -0.25) is 33.6 Å². The van der Waals surface area contributed by atoms with Crippen LogP contribution in [-0.4, -0.2) is 194 Å². The van der Waals surface area contributed by atoms with Crippen LogP contribution >= 0.6 is 0 Å². The zero-order valence-corrected chi connectivity index (χ0v) is 25.6. The maximum Gasteiger partial charge on any atom is 0.328 e. The number of carboxylic acids is 1. The number of carbonyl (C=O) groups excluding carboxylic acids is 7. The normalized spacial score (nSPS) is 15.8. The van der Waals surface area contributed by atoms with Crippen LogP contribution in [0.2, 0.25) is 0 Å². The first kappa shape index (κ1) is 44.4. The minimum Gasteiger partial charge on any atom is -0.480 e. The fourth-order valence-corrected chi connectivity index (χ4v) is 3.35. The van der Waals surface area contributed by atoms with Crippen molar-refractivity contribution in [1.29, 1.82) is 0 Å². The van der Waals surface area contributed by atoms with Crippen LogP contribution in [0.4, 0.5) is 0 Å². The lowest BCUT2D eigenvalue weighted by Crippen LogP contribution is -2.62. The summed E-state index contributed by atoms with van der Waals surface area (Å²) in [5.74, 6) is -10.4. The second-order valence-corrected chi connectivity index (χ2v) is 9.83. The average molecular weight is 715 g/mol. The predicted octanol–water partition coefficient (Wildman–Crippen LogP) is -12.3. The smallest absolute Gasteiger partial charge is 0.328 e. The Balaban J connectivity index is 5.44. The Kier molecular flexibility index (Phi) is 20.7. The summed E-state index contributed by atoms with van der Waals surface area (Å²) in [6, 6.07) is -14.3. The molecule has 0 saturated heterocycles. The van der Waals surface area contributed by atoms with Crippen LogP contribution in [-0.2, 0) is 38.4 Å². The molecule has 0 spiro atoms. The summed E-state index contributed by atoms with van der Waals surface area (Å²) in [4.78, 5) is 97.9. The van der Waals surface area contributed by atoms with E-state index in [1.54, 1.807) is 0 Å². The maximum atomic E-state index is 12.7. The fraction of sp³-hybridized carbons (Fsp3) is 0.667. The van der Waals surface area contributed by atoms with Gasteiger partial charge in [-0.1, -0.05) is 0 Å². The predicted molar refractivity (Wildman–Crippen MR) is 156 cm³/mol. The van der Waals surface area contributed by atoms with Gasteiger partial charge in [0.25, 0.3) is 0 Å². The van der Waals surface area contributed by atoms with E-state index in [9.17, 15) is 69.0 Å². The molecule has 0 aliphatic carbocycles. The molecule has 25 heteroatoms. The molecule has 0 aromatic rings. The second kappa shape index (κ2) is 22.9. The summed E-state index contributed by atoms with van der Waals surface area (Å²) in [5.41, 5.74) is 5.30. The first-order valence-corrected chi connectivity index (χ1v) is 14.1. The molecule has 49 heavy (non-hydrogen) atoms. The molecule has 0 aliphatic heterocycles. The molecule has 18 N–H and O–H groups in total. The number of aliphatic hydroxyl groups is 8. The van der Waals surface area contributed by atoms with Crippen molar-refractivity contribution in [2.45, 2.75) is 48.3 Å². The first-order chi connectivity index (χ1) is 23.1. The standard InChI is InChI=1S/C24H42N8O17/c25-9(1-33)17(41)26-10(2-34)18(42)27-11(3-35)19(43)28-12(4-36)20(44)29-13(5-37)21(45)30-14(6-38)22(46)31-15(7-39)23(47)32-16(8-40)24(48)49/h9-16,33-40H,1-8,25H2,(H,26,41)(H,27,42)(H,28,43)(H,29,44)(H,30,45)(H,31,46)(H,32,47)(H,48,49)/t9-,10-,11-,12-,13-,14-,15-,16-/m1/s1. The van der Waals surface area contributed by atoms with Crippen LogP contribution in [0.25, 0.3) is 0 Å². The van der Waals surface area contributed by atoms with Crippen molar-refractivity contribution in [3.63, 3.8) is 0 Å². The molecular weight excluding hydrogens is 672 g/mol. The van der Waals surface area contributed by atoms with Crippen molar-refractivity contribution in [3.8, 4) is 0 Å². The van der Waals surface area contributed by atoms with Gasteiger partial charge in [0, 0.05) is 0 Å². The zero-order chi connectivity index (χ0) is 37.8. The number of aliphatic carboxylic acids is 1. The number of carbonyl (C=O) groups is 8. The van der Waals surface area contributed by atoms with Crippen LogP contribution in [0.1, 0.15) is 0 Å². The first-order valence-electron chi connectivity index (χ1n) is 14.1. The lowest BCUT2D eigenvalue weighted by molar-refractivity contribution is -0.143. The minimum absolute atomic E-state index is 0.802. The Labute approximate surface area is 276 Å². The summed E-state index contributed by atoms with van der Waals surface area (Å²) in [7, 11) is 0. The van der Waals surface area contributed by atoms with Crippen LogP contribution in [0, 0.1) is 0 Å². The van der Waals surface area contributed by atoms with E-state index in [0.29, 0.717) is 0 Å². The molecule has 8 atom stereocenters. The Hall–Kier alpha value is -4.60. The van der Waals surface area contributed by atoms with Crippen molar-refractivity contribution in [2.75, 3.05) is 52.9 Å². The SMILES string of the molecule is N[C@H](CO)C(=O)N[C@H](CO)C(=O)N[C@H](CO)C(=O)N[C@H](CO)C(=O)N[C@H](CO)C(=O)N[C@H](CO)C(=O)N[C@H](CO)C(=O)N[C@H](CO)C(=O)O. The van der Waals surface area contributed by atoms with Gasteiger partial charge in [-0.2, -0.15) is 0 Å². The number of aliphatic hydroxyl groups excluding tert-OH is 8. The molecule has 0 unspecified atom stereocenters. The van der Waals surface area contributed by atoms with E-state index in [0.717, 1.165) is 0 Å². The zero-order valence-electron chi connectivity index (χ0n) is 25.6. The monoisotopic (exact) mass is 714 g/mol. The Morgan fingerprint density at radius 2 is 0.531 bits per heavy atom. The molecular formula is C24H42N8O17. The van der Waals surface area contributed by atoms with Crippen LogP contribution < -0.4 is 43.0 Å². The maximum absolute atomic E-state index is 12.7. The summed E-state index contributed by atoms with van der Waals surface area (Å²) in [6.45, 7) is -8.49. The lowest BCUT2D eigenvalue weighted by atomic mass is 10.1. The van der Waals surface area contributed by atoms with E-state index in [1.165, 1.54) is 0 Å². The van der Waals surface area contributed by atoms with E-state index in [2.05, 4.69) is 0 Å². The molecule has 7 amide bonds. The van der Waals surface area contributed by atoms with Crippen LogP contribution in [0.15, 0.2) is 0 Å². The molecule has 0 saturated carbocycles. The lowest BCUT2D eigenvalue weighted by Gasteiger charge is -2.25. The highest BCUT2D eigenvalue weighted by molar-refractivity contribution is 5.97. The topological polar surface area (TPSA) is 429 Å². The highest BCUT2D eigenvalue weighted by Gasteiger charge is 2.33. The van der Waals surface area contributed by atoms with Gasteiger partial charge in [-0.15, -0.1) is 0 Å². The number of nitrogens with two attached hydrogens (primary N) is 1. The molecule has 0 radical (unpaired) electrons. The van der Waals surface area contributed by atoms with Gasteiger partial charge in [0.15, 0.2) is 0 Å². The highest BCUT2D eigenvalue weighted by Crippen LogP contribution is 1.97. The summed E-state index contributed by atoms with van der Waals surface area (Å²) in [5, 5.41) is 97.5. The molecule has 0 aliphatic rings. The van der Waals surface area contributed by atoms with Gasteiger partial charge >= 0.3 is 5.97 Å². The number of rotatable bonds is 23. The number of hydrogen-bond acceptors (Lipinski definition) is 17. The minimum atomic E-state index is -1.91. The van der Waals surface area contributed by atoms with Crippen molar-refractivity contribution < 1.29 is 84.3 Å². The molecule has 0 rings (SSSR count). The molecule has 0 fully saturated rings. The van der Waals surface area contributed by atoms with E-state index >= 15 is 0 Å². The summed E-state index contributed by atoms with van der Waals surface area (Å²) < 4.78 is 0. The van der Waals surface area contributed by atoms with Gasteiger partial charge < -0.3 is 88.9 Å². The fourth-order valence-electron chi connectivity index (χ4n) is 3.35. The Bertz CT molecular complexity index is 1160. The van der Waals surface area contributed by atoms with Gasteiger partial charge in [-0.05, 0) is 0 Å². The van der Waals surface area contributed by atoms with Gasteiger partial charge in [0.05, 0.1) is 52.9 Å². The van der Waals surface area contributed by atoms with Crippen molar-refractivity contribution in [2.24, 2.45) is 5.73 Å². The van der Waals surface area contributed by atoms with Gasteiger partial charge in [-0.25, -0.2) is 4.79 Å². The molecule has 0 aromatic heterocycles. The molecule has 0 heterocycles. The highest BCUT2D eigenvalue weighted by atomic mass is 16.4. The average Bonchev–Trinajstić information content (AvgIpc) is 3.09. The largest absolute Gasteiger partial charge is 0.480 e. The third-order valence-electron chi connectivity index (χ3n) is 6.22. The molecule has 280 valence electrons. The van der Waals surface area contributed by atoms with E-state index in [-0.39, 0.29) is 0 Å². The van der Waals surface area contributed by atoms with Gasteiger partial charge in [0.1, 0.15) is 48.3 Å². The second-order valence-electron chi connectivity index (χ2n) is 9.83. The van der Waals surface area contributed by atoms with Crippen molar-refractivity contribution >= 4 is 47.3 Å². The third-order valence-corrected chi connectivity index (χ3v) is 6.22. The Morgan fingerprint density at radius 3 is 0.694 bits per heavy atom. The number of carboxylic acid groups (broad SMARTS) is 1. The van der Waals surface area contributed by atoms with E-state index < -0.39 is 149 Å². The summed E-state index contributed by atoms with van der Waals surface area (Å²) in [6.07, 6.45) is 0. The van der Waals surface area contributed by atoms with Crippen LogP contribution in [0.5, 0.6) is 0 Å². The van der Waals surface area contributed by atoms with Crippen molar-refractivity contribution in [3.05, 3.63) is 0 Å². The van der Waals surface area contributed by atoms with Crippen molar-refractivity contribution in [1.82, 2.24) is 37.2 Å². The molecule has 0 bridgehead atoms. The molecule has 25 nitrogen and oxygen atoms in total. The number of nitrogens with one attached hydrogen (secondary N) is 7. The number of amides is 7. The Morgan fingerprint density at radius 1 is 0.347 bits per heavy atom.